The van der Waals surface area contributed by atoms with Crippen molar-refractivity contribution in [2.24, 2.45) is 5.92 Å². The van der Waals surface area contributed by atoms with Crippen LogP contribution in [0.5, 0.6) is 0 Å². The molecule has 0 saturated carbocycles. The molecule has 1 aromatic rings. The van der Waals surface area contributed by atoms with Crippen LogP contribution in [-0.2, 0) is 14.3 Å². The van der Waals surface area contributed by atoms with E-state index in [1.54, 1.807) is 4.90 Å². The van der Waals surface area contributed by atoms with E-state index in [0.29, 0.717) is 0 Å². The minimum absolute atomic E-state index is 0.0415. The topological polar surface area (TPSA) is 46.6 Å². The van der Waals surface area contributed by atoms with Crippen LogP contribution < -0.4 is 4.90 Å². The number of anilines is 1. The van der Waals surface area contributed by atoms with E-state index in [9.17, 15) is 9.59 Å². The van der Waals surface area contributed by atoms with Crippen molar-refractivity contribution in [1.82, 2.24) is 0 Å². The van der Waals surface area contributed by atoms with Crippen molar-refractivity contribution in [3.05, 3.63) is 28.7 Å². The Morgan fingerprint density at radius 2 is 2.00 bits per heavy atom. The number of amides is 1. The van der Waals surface area contributed by atoms with Crippen LogP contribution in [0.15, 0.2) is 28.7 Å². The zero-order chi connectivity index (χ0) is 13.3. The number of ether oxygens (including phenoxy) is 1. The second-order valence-electron chi connectivity index (χ2n) is 4.31. The van der Waals surface area contributed by atoms with E-state index in [1.807, 2.05) is 31.2 Å². The summed E-state index contributed by atoms with van der Waals surface area (Å²) in [5.74, 6) is -0.748. The van der Waals surface area contributed by atoms with E-state index < -0.39 is 0 Å². The average Bonchev–Trinajstić information content (AvgIpc) is 2.65. The van der Waals surface area contributed by atoms with Crippen LogP contribution in [-0.4, -0.2) is 25.0 Å². The van der Waals surface area contributed by atoms with Gasteiger partial charge < -0.3 is 9.64 Å². The van der Waals surface area contributed by atoms with Gasteiger partial charge >= 0.3 is 5.97 Å². The van der Waals surface area contributed by atoms with Gasteiger partial charge in [-0.3, -0.25) is 9.59 Å². The van der Waals surface area contributed by atoms with E-state index in [1.165, 1.54) is 7.11 Å². The minimum atomic E-state index is -0.383. The Morgan fingerprint density at radius 3 is 2.56 bits per heavy atom. The van der Waals surface area contributed by atoms with Crippen molar-refractivity contribution in [1.29, 1.82) is 0 Å². The normalized spacial score (nSPS) is 23.3. The smallest absolute Gasteiger partial charge is 0.311 e. The molecular weight excluding hydrogens is 298 g/mol. The van der Waals surface area contributed by atoms with Crippen LogP contribution in [0.25, 0.3) is 0 Å². The maximum absolute atomic E-state index is 12.0. The standard InChI is InChI=1S/C13H14BrNO3/c1-8-11(13(17)18-2)7-12(16)15(8)10-5-3-9(14)4-6-10/h3-6,8,11H,7H2,1-2H3. The molecule has 0 aromatic heterocycles. The van der Waals surface area contributed by atoms with Crippen LogP contribution in [0.3, 0.4) is 0 Å². The van der Waals surface area contributed by atoms with Gasteiger partial charge in [-0.2, -0.15) is 0 Å². The van der Waals surface area contributed by atoms with Crippen molar-refractivity contribution in [3.63, 3.8) is 0 Å². The highest BCUT2D eigenvalue weighted by atomic mass is 79.9. The molecule has 1 heterocycles. The number of hydrogen-bond acceptors (Lipinski definition) is 3. The maximum atomic E-state index is 12.0. The second kappa shape index (κ2) is 5.10. The van der Waals surface area contributed by atoms with E-state index in [4.69, 9.17) is 4.74 Å². The average molecular weight is 312 g/mol. The lowest BCUT2D eigenvalue weighted by atomic mass is 10.0. The van der Waals surface area contributed by atoms with Gasteiger partial charge in [0.25, 0.3) is 0 Å². The van der Waals surface area contributed by atoms with Crippen molar-refractivity contribution >= 4 is 33.5 Å². The molecule has 5 heteroatoms. The highest BCUT2D eigenvalue weighted by molar-refractivity contribution is 9.10. The van der Waals surface area contributed by atoms with Crippen LogP contribution >= 0.6 is 15.9 Å². The number of esters is 1. The first kappa shape index (κ1) is 13.1. The molecule has 4 nitrogen and oxygen atoms in total. The number of carbonyl (C=O) groups is 2. The Labute approximate surface area is 114 Å². The number of nitrogens with zero attached hydrogens (tertiary/aromatic N) is 1. The molecule has 0 radical (unpaired) electrons. The summed E-state index contributed by atoms with van der Waals surface area (Å²) in [6.07, 6.45) is 0.212. The van der Waals surface area contributed by atoms with Gasteiger partial charge in [-0.05, 0) is 31.2 Å². The largest absolute Gasteiger partial charge is 0.469 e. The van der Waals surface area contributed by atoms with Gasteiger partial charge in [-0.25, -0.2) is 0 Å². The summed E-state index contributed by atoms with van der Waals surface area (Å²) < 4.78 is 5.68. The van der Waals surface area contributed by atoms with Gasteiger partial charge in [0.15, 0.2) is 0 Å². The Kier molecular flexibility index (Phi) is 3.71. The Balaban J connectivity index is 2.26. The van der Waals surface area contributed by atoms with Gasteiger partial charge in [0, 0.05) is 22.6 Å². The molecule has 18 heavy (non-hydrogen) atoms. The first-order valence-electron chi connectivity index (χ1n) is 5.70. The fourth-order valence-corrected chi connectivity index (χ4v) is 2.54. The molecule has 1 aliphatic rings. The summed E-state index contributed by atoms with van der Waals surface area (Å²) in [5.41, 5.74) is 0.808. The van der Waals surface area contributed by atoms with Gasteiger partial charge in [0.1, 0.15) is 0 Å². The van der Waals surface area contributed by atoms with Crippen LogP contribution in [0, 0.1) is 5.92 Å². The third-order valence-electron chi connectivity index (χ3n) is 3.26. The van der Waals surface area contributed by atoms with Gasteiger partial charge in [0.05, 0.1) is 13.0 Å². The van der Waals surface area contributed by atoms with Gasteiger partial charge in [0.2, 0.25) is 5.91 Å². The number of rotatable bonds is 2. The summed E-state index contributed by atoms with van der Waals surface area (Å²) >= 11 is 3.35. The molecule has 1 amide bonds. The highest BCUT2D eigenvalue weighted by Crippen LogP contribution is 2.32. The first-order chi connectivity index (χ1) is 8.54. The van der Waals surface area contributed by atoms with Crippen LogP contribution in [0.4, 0.5) is 5.69 Å². The number of carbonyl (C=O) groups excluding carboxylic acids is 2. The highest BCUT2D eigenvalue weighted by Gasteiger charge is 2.42. The monoisotopic (exact) mass is 311 g/mol. The van der Waals surface area contributed by atoms with Crippen LogP contribution in [0.2, 0.25) is 0 Å². The van der Waals surface area contributed by atoms with Crippen molar-refractivity contribution in [2.75, 3.05) is 12.0 Å². The lowest BCUT2D eigenvalue weighted by molar-refractivity contribution is -0.146. The number of benzene rings is 1. The van der Waals surface area contributed by atoms with Gasteiger partial charge in [-0.15, -0.1) is 0 Å². The number of methoxy groups -OCH3 is 1. The molecule has 0 bridgehead atoms. The lowest BCUT2D eigenvalue weighted by Crippen LogP contribution is -2.35. The van der Waals surface area contributed by atoms with Crippen molar-refractivity contribution in [3.8, 4) is 0 Å². The molecular formula is C13H14BrNO3. The summed E-state index contributed by atoms with van der Waals surface area (Å²) in [7, 11) is 1.35. The SMILES string of the molecule is COC(=O)C1CC(=O)N(c2ccc(Br)cc2)C1C. The third kappa shape index (κ3) is 2.27. The molecule has 0 spiro atoms. The molecule has 1 saturated heterocycles. The van der Waals surface area contributed by atoms with Crippen molar-refractivity contribution in [2.45, 2.75) is 19.4 Å². The van der Waals surface area contributed by atoms with E-state index in [-0.39, 0.29) is 30.3 Å². The fourth-order valence-electron chi connectivity index (χ4n) is 2.28. The van der Waals surface area contributed by atoms with E-state index in [0.717, 1.165) is 10.2 Å². The first-order valence-corrected chi connectivity index (χ1v) is 6.49. The summed E-state index contributed by atoms with van der Waals surface area (Å²) in [6, 6.07) is 7.30. The molecule has 1 fully saturated rings. The quantitative estimate of drug-likeness (QED) is 0.788. The molecule has 96 valence electrons. The molecule has 0 aliphatic carbocycles. The second-order valence-corrected chi connectivity index (χ2v) is 5.23. The predicted octanol–water partition coefficient (Wildman–Crippen LogP) is 2.36. The molecule has 1 aliphatic heterocycles. The molecule has 0 N–H and O–H groups in total. The summed E-state index contributed by atoms with van der Waals surface area (Å²) in [6.45, 7) is 1.87. The Morgan fingerprint density at radius 1 is 1.39 bits per heavy atom. The number of halogens is 1. The third-order valence-corrected chi connectivity index (χ3v) is 3.79. The number of hydrogen-bond donors (Lipinski definition) is 0. The summed E-state index contributed by atoms with van der Waals surface area (Å²) in [4.78, 5) is 25.3. The molecule has 2 rings (SSSR count). The van der Waals surface area contributed by atoms with Gasteiger partial charge in [-0.1, -0.05) is 15.9 Å². The van der Waals surface area contributed by atoms with E-state index in [2.05, 4.69) is 15.9 Å². The molecule has 1 aromatic carbocycles. The lowest BCUT2D eigenvalue weighted by Gasteiger charge is -2.23. The summed E-state index contributed by atoms with van der Waals surface area (Å²) in [5, 5.41) is 0. The van der Waals surface area contributed by atoms with Crippen molar-refractivity contribution < 1.29 is 14.3 Å². The fraction of sp³-hybridized carbons (Fsp3) is 0.385. The zero-order valence-electron chi connectivity index (χ0n) is 10.2. The van der Waals surface area contributed by atoms with Crippen LogP contribution in [0.1, 0.15) is 13.3 Å². The molecule has 2 unspecified atom stereocenters. The van der Waals surface area contributed by atoms with E-state index >= 15 is 0 Å². The Bertz CT molecular complexity index is 472. The predicted molar refractivity (Wildman–Crippen MR) is 71.2 cm³/mol. The molecule has 2 atom stereocenters. The minimum Gasteiger partial charge on any atom is -0.469 e. The maximum Gasteiger partial charge on any atom is 0.311 e. The Hall–Kier alpha value is -1.36. The zero-order valence-corrected chi connectivity index (χ0v) is 11.8.